The predicted molar refractivity (Wildman–Crippen MR) is 59.6 cm³/mol. The summed E-state index contributed by atoms with van der Waals surface area (Å²) in [6.45, 7) is 5.35. The first-order chi connectivity index (χ1) is 7.25. The van der Waals surface area contributed by atoms with Gasteiger partial charge in [0, 0.05) is 32.7 Å². The van der Waals surface area contributed by atoms with Gasteiger partial charge in [-0.3, -0.25) is 4.90 Å². The molecule has 1 aromatic heterocycles. The summed E-state index contributed by atoms with van der Waals surface area (Å²) in [6, 6.07) is 3.84. The summed E-state index contributed by atoms with van der Waals surface area (Å²) in [5.74, 6) is 0.883. The largest absolute Gasteiger partial charge is 0.468 e. The Hall–Kier alpha value is -0.840. The van der Waals surface area contributed by atoms with Gasteiger partial charge in [0.15, 0.2) is 0 Å². The molecule has 1 fully saturated rings. The minimum absolute atomic E-state index is 0.00315. The lowest BCUT2D eigenvalue weighted by atomic mass is 10.2. The van der Waals surface area contributed by atoms with Gasteiger partial charge in [0.1, 0.15) is 5.76 Å². The number of nitrogens with two attached hydrogens (primary N) is 1. The second-order valence-electron chi connectivity index (χ2n) is 4.23. The molecule has 15 heavy (non-hydrogen) atoms. The second-order valence-corrected chi connectivity index (χ2v) is 4.23. The van der Waals surface area contributed by atoms with Gasteiger partial charge in [0.2, 0.25) is 0 Å². The number of furan rings is 1. The SMILES string of the molecule is CN1CCN(CC(N)c2ccco2)CC1. The highest BCUT2D eigenvalue weighted by Gasteiger charge is 2.18. The Kier molecular flexibility index (Phi) is 3.41. The molecule has 2 N–H and O–H groups in total. The van der Waals surface area contributed by atoms with E-state index in [9.17, 15) is 0 Å². The predicted octanol–water partition coefficient (Wildman–Crippen LogP) is 0.527. The third-order valence-electron chi connectivity index (χ3n) is 2.96. The zero-order valence-corrected chi connectivity index (χ0v) is 9.22. The summed E-state index contributed by atoms with van der Waals surface area (Å²) in [5.41, 5.74) is 6.06. The summed E-state index contributed by atoms with van der Waals surface area (Å²) in [4.78, 5) is 4.74. The van der Waals surface area contributed by atoms with E-state index in [-0.39, 0.29) is 6.04 Å². The zero-order chi connectivity index (χ0) is 10.7. The van der Waals surface area contributed by atoms with Gasteiger partial charge in [-0.05, 0) is 19.2 Å². The molecule has 0 radical (unpaired) electrons. The van der Waals surface area contributed by atoms with Gasteiger partial charge in [-0.1, -0.05) is 0 Å². The van der Waals surface area contributed by atoms with Crippen molar-refractivity contribution in [3.8, 4) is 0 Å². The number of likely N-dealkylation sites (N-methyl/N-ethyl adjacent to an activating group) is 1. The Balaban J connectivity index is 1.82. The Morgan fingerprint density at radius 2 is 2.13 bits per heavy atom. The number of piperazine rings is 1. The lowest BCUT2D eigenvalue weighted by Gasteiger charge is -2.33. The molecule has 4 heteroatoms. The Morgan fingerprint density at radius 1 is 1.40 bits per heavy atom. The normalized spacial score (nSPS) is 21.7. The molecule has 1 atom stereocenters. The van der Waals surface area contributed by atoms with E-state index in [2.05, 4.69) is 16.8 Å². The number of hydrogen-bond donors (Lipinski definition) is 1. The van der Waals surface area contributed by atoms with Crippen LogP contribution < -0.4 is 5.73 Å². The van der Waals surface area contributed by atoms with Crippen LogP contribution in [-0.4, -0.2) is 49.6 Å². The highest BCUT2D eigenvalue weighted by Crippen LogP contribution is 2.12. The molecule has 1 saturated heterocycles. The fourth-order valence-electron chi connectivity index (χ4n) is 1.90. The van der Waals surface area contributed by atoms with Crippen LogP contribution in [-0.2, 0) is 0 Å². The van der Waals surface area contributed by atoms with Crippen LogP contribution in [0.4, 0.5) is 0 Å². The summed E-state index contributed by atoms with van der Waals surface area (Å²) in [5, 5.41) is 0. The fourth-order valence-corrected chi connectivity index (χ4v) is 1.90. The molecule has 0 aliphatic carbocycles. The highest BCUT2D eigenvalue weighted by atomic mass is 16.3. The van der Waals surface area contributed by atoms with Crippen molar-refractivity contribution in [1.82, 2.24) is 9.80 Å². The van der Waals surface area contributed by atoms with Gasteiger partial charge in [-0.2, -0.15) is 0 Å². The monoisotopic (exact) mass is 209 g/mol. The van der Waals surface area contributed by atoms with E-state index in [1.807, 2.05) is 12.1 Å². The maximum absolute atomic E-state index is 6.06. The molecule has 2 heterocycles. The molecule has 0 amide bonds. The van der Waals surface area contributed by atoms with E-state index in [1.165, 1.54) is 0 Å². The van der Waals surface area contributed by atoms with Gasteiger partial charge in [-0.25, -0.2) is 0 Å². The molecule has 0 bridgehead atoms. The second kappa shape index (κ2) is 4.79. The van der Waals surface area contributed by atoms with Crippen molar-refractivity contribution in [1.29, 1.82) is 0 Å². The molecule has 4 nitrogen and oxygen atoms in total. The van der Waals surface area contributed by atoms with Crippen molar-refractivity contribution < 1.29 is 4.42 Å². The van der Waals surface area contributed by atoms with E-state index in [4.69, 9.17) is 10.2 Å². The summed E-state index contributed by atoms with van der Waals surface area (Å²) in [7, 11) is 2.16. The third kappa shape index (κ3) is 2.81. The molecular weight excluding hydrogens is 190 g/mol. The van der Waals surface area contributed by atoms with Crippen LogP contribution in [0.15, 0.2) is 22.8 Å². The average Bonchev–Trinajstić information content (AvgIpc) is 2.74. The molecule has 1 aliphatic heterocycles. The topological polar surface area (TPSA) is 45.6 Å². The molecule has 0 aromatic carbocycles. The lowest BCUT2D eigenvalue weighted by Crippen LogP contribution is -2.46. The van der Waals surface area contributed by atoms with Gasteiger partial charge in [-0.15, -0.1) is 0 Å². The lowest BCUT2D eigenvalue weighted by molar-refractivity contribution is 0.144. The standard InChI is InChI=1S/C11H19N3O/c1-13-4-6-14(7-5-13)9-10(12)11-3-2-8-15-11/h2-3,8,10H,4-7,9,12H2,1H3. The van der Waals surface area contributed by atoms with Gasteiger partial charge in [0.25, 0.3) is 0 Å². The molecule has 1 aromatic rings. The van der Waals surface area contributed by atoms with E-state index in [1.54, 1.807) is 6.26 Å². The Bertz CT molecular complexity index is 278. The van der Waals surface area contributed by atoms with E-state index in [0.29, 0.717) is 0 Å². The third-order valence-corrected chi connectivity index (χ3v) is 2.96. The van der Waals surface area contributed by atoms with Crippen molar-refractivity contribution in [2.75, 3.05) is 39.8 Å². The quantitative estimate of drug-likeness (QED) is 0.788. The fraction of sp³-hybridized carbons (Fsp3) is 0.636. The van der Waals surface area contributed by atoms with E-state index < -0.39 is 0 Å². The van der Waals surface area contributed by atoms with Gasteiger partial charge < -0.3 is 15.1 Å². The average molecular weight is 209 g/mol. The molecular formula is C11H19N3O. The summed E-state index contributed by atoms with van der Waals surface area (Å²) < 4.78 is 5.30. The molecule has 84 valence electrons. The summed E-state index contributed by atoms with van der Waals surface area (Å²) in [6.07, 6.45) is 1.68. The number of rotatable bonds is 3. The first kappa shape index (κ1) is 10.7. The van der Waals surface area contributed by atoms with Gasteiger partial charge >= 0.3 is 0 Å². The van der Waals surface area contributed by atoms with Crippen molar-refractivity contribution in [2.45, 2.75) is 6.04 Å². The zero-order valence-electron chi connectivity index (χ0n) is 9.22. The molecule has 1 aliphatic rings. The van der Waals surface area contributed by atoms with Crippen LogP contribution in [0.25, 0.3) is 0 Å². The van der Waals surface area contributed by atoms with Crippen LogP contribution in [0.1, 0.15) is 11.8 Å². The first-order valence-electron chi connectivity index (χ1n) is 5.45. The maximum Gasteiger partial charge on any atom is 0.121 e. The van der Waals surface area contributed by atoms with Crippen molar-refractivity contribution in [3.63, 3.8) is 0 Å². The van der Waals surface area contributed by atoms with E-state index >= 15 is 0 Å². The first-order valence-corrected chi connectivity index (χ1v) is 5.45. The smallest absolute Gasteiger partial charge is 0.121 e. The van der Waals surface area contributed by atoms with Crippen LogP contribution in [0.3, 0.4) is 0 Å². The number of hydrogen-bond acceptors (Lipinski definition) is 4. The van der Waals surface area contributed by atoms with Crippen molar-refractivity contribution in [3.05, 3.63) is 24.2 Å². The van der Waals surface area contributed by atoms with Crippen molar-refractivity contribution in [2.24, 2.45) is 5.73 Å². The van der Waals surface area contributed by atoms with E-state index in [0.717, 1.165) is 38.5 Å². The van der Waals surface area contributed by atoms with Crippen molar-refractivity contribution >= 4 is 0 Å². The Morgan fingerprint density at radius 3 is 2.73 bits per heavy atom. The Labute approximate surface area is 90.6 Å². The van der Waals surface area contributed by atoms with Crippen LogP contribution in [0.2, 0.25) is 0 Å². The van der Waals surface area contributed by atoms with Gasteiger partial charge in [0.05, 0.1) is 12.3 Å². The summed E-state index contributed by atoms with van der Waals surface area (Å²) >= 11 is 0. The van der Waals surface area contributed by atoms with Crippen LogP contribution in [0, 0.1) is 0 Å². The minimum atomic E-state index is 0.00315. The minimum Gasteiger partial charge on any atom is -0.468 e. The number of nitrogens with zero attached hydrogens (tertiary/aromatic N) is 2. The van der Waals surface area contributed by atoms with Crippen LogP contribution in [0.5, 0.6) is 0 Å². The highest BCUT2D eigenvalue weighted by molar-refractivity contribution is 5.04. The molecule has 1 unspecified atom stereocenters. The molecule has 0 spiro atoms. The molecule has 2 rings (SSSR count). The maximum atomic E-state index is 6.06. The molecule has 0 saturated carbocycles. The van der Waals surface area contributed by atoms with Crippen LogP contribution >= 0.6 is 0 Å².